The molecule has 1 atom stereocenters. The van der Waals surface area contributed by atoms with Gasteiger partial charge in [0.2, 0.25) is 0 Å². The number of hydrogen-bond acceptors (Lipinski definition) is 8. The van der Waals surface area contributed by atoms with E-state index >= 15 is 0 Å². The first-order valence-electron chi connectivity index (χ1n) is 11.8. The first kappa shape index (κ1) is 27.4. The number of esters is 1. The van der Waals surface area contributed by atoms with E-state index in [-0.39, 0.29) is 17.7 Å². The number of nitrogens with zero attached hydrogens (tertiary/aromatic N) is 2. The number of aromatic nitrogens is 1. The van der Waals surface area contributed by atoms with Crippen LogP contribution in [0.25, 0.3) is 6.08 Å². The summed E-state index contributed by atoms with van der Waals surface area (Å²) in [5, 5.41) is 0. The Hall–Kier alpha value is -3.63. The maximum atomic E-state index is 13.9. The van der Waals surface area contributed by atoms with Gasteiger partial charge in [-0.15, -0.1) is 0 Å². The zero-order valence-electron chi connectivity index (χ0n) is 21.4. The molecule has 1 aromatic heterocycles. The fraction of sp³-hybridized carbons (Fsp3) is 0.250. The number of hydrogen-bond donors (Lipinski definition) is 0. The van der Waals surface area contributed by atoms with Gasteiger partial charge in [0.25, 0.3) is 5.56 Å². The van der Waals surface area contributed by atoms with E-state index in [9.17, 15) is 9.59 Å². The van der Waals surface area contributed by atoms with Crippen LogP contribution >= 0.6 is 27.3 Å². The third-order valence-electron chi connectivity index (χ3n) is 5.87. The molecular weight excluding hydrogens is 572 g/mol. The van der Waals surface area contributed by atoms with E-state index in [4.69, 9.17) is 18.9 Å². The van der Waals surface area contributed by atoms with E-state index in [1.165, 1.54) is 23.0 Å². The standard InChI is InChI=1S/C28H27BrN2O6S/c1-6-12-37-21-11-8-18(29)13-17(21)14-23-26(32)31-25(20-10-9-19(34-4)15-22(20)35-5)24(27(33)36-7-2)16(3)30-28(31)38-23/h6,8-11,13-15,25H,1,7,12H2,2-5H3/b23-14-/t25-/m0/s1. The molecule has 198 valence electrons. The Morgan fingerprint density at radius 2 is 1.97 bits per heavy atom. The van der Waals surface area contributed by atoms with Crippen LogP contribution in [0.3, 0.4) is 0 Å². The van der Waals surface area contributed by atoms with Crippen molar-refractivity contribution in [2.24, 2.45) is 4.99 Å². The number of methoxy groups -OCH3 is 2. The van der Waals surface area contributed by atoms with Crippen molar-refractivity contribution in [3.05, 3.63) is 95.6 Å². The molecule has 1 aliphatic heterocycles. The van der Waals surface area contributed by atoms with E-state index in [1.807, 2.05) is 18.2 Å². The minimum absolute atomic E-state index is 0.183. The lowest BCUT2D eigenvalue weighted by atomic mass is 9.95. The zero-order chi connectivity index (χ0) is 27.4. The van der Waals surface area contributed by atoms with Crippen molar-refractivity contribution >= 4 is 39.3 Å². The van der Waals surface area contributed by atoms with Gasteiger partial charge in [0, 0.05) is 21.7 Å². The zero-order valence-corrected chi connectivity index (χ0v) is 23.9. The number of thiazole rings is 1. The molecule has 0 unspecified atom stereocenters. The first-order chi connectivity index (χ1) is 18.3. The lowest BCUT2D eigenvalue weighted by Crippen LogP contribution is -2.40. The third-order valence-corrected chi connectivity index (χ3v) is 7.34. The summed E-state index contributed by atoms with van der Waals surface area (Å²) < 4.78 is 25.0. The van der Waals surface area contributed by atoms with Gasteiger partial charge < -0.3 is 18.9 Å². The average Bonchev–Trinajstić information content (AvgIpc) is 3.21. The van der Waals surface area contributed by atoms with Gasteiger partial charge in [-0.25, -0.2) is 9.79 Å². The summed E-state index contributed by atoms with van der Waals surface area (Å²) in [6.07, 6.45) is 3.42. The second-order valence-electron chi connectivity index (χ2n) is 8.19. The summed E-state index contributed by atoms with van der Waals surface area (Å²) in [6, 6.07) is 10.0. The Bertz CT molecular complexity index is 1600. The van der Waals surface area contributed by atoms with Crippen molar-refractivity contribution in [2.75, 3.05) is 27.4 Å². The number of halogens is 1. The Balaban J connectivity index is 1.98. The van der Waals surface area contributed by atoms with Gasteiger partial charge in [-0.2, -0.15) is 0 Å². The minimum Gasteiger partial charge on any atom is -0.497 e. The van der Waals surface area contributed by atoms with Gasteiger partial charge in [0.15, 0.2) is 4.80 Å². The SMILES string of the molecule is C=CCOc1ccc(Br)cc1/C=c1\sc2n(c1=O)[C@@H](c1ccc(OC)cc1OC)C(C(=O)OCC)=C(C)N=2. The number of fused-ring (bicyclic) bond motifs is 1. The van der Waals surface area contributed by atoms with E-state index in [0.717, 1.165) is 4.47 Å². The number of rotatable bonds is 9. The molecule has 0 aliphatic carbocycles. The summed E-state index contributed by atoms with van der Waals surface area (Å²) in [5.41, 5.74) is 1.76. The maximum absolute atomic E-state index is 13.9. The van der Waals surface area contributed by atoms with Crippen LogP contribution in [0.5, 0.6) is 17.2 Å². The molecule has 0 spiro atoms. The molecule has 1 aliphatic rings. The fourth-order valence-electron chi connectivity index (χ4n) is 4.18. The summed E-state index contributed by atoms with van der Waals surface area (Å²) in [4.78, 5) is 32.2. The molecule has 38 heavy (non-hydrogen) atoms. The van der Waals surface area contributed by atoms with Crippen LogP contribution in [-0.2, 0) is 9.53 Å². The fourth-order valence-corrected chi connectivity index (χ4v) is 5.60. The molecule has 0 fully saturated rings. The molecule has 0 bridgehead atoms. The molecule has 4 rings (SSSR count). The van der Waals surface area contributed by atoms with Crippen molar-refractivity contribution in [1.82, 2.24) is 4.57 Å². The van der Waals surface area contributed by atoms with Crippen LogP contribution < -0.4 is 29.1 Å². The van der Waals surface area contributed by atoms with Gasteiger partial charge in [-0.1, -0.05) is 39.9 Å². The second-order valence-corrected chi connectivity index (χ2v) is 10.1. The predicted octanol–water partition coefficient (Wildman–Crippen LogP) is 4.14. The van der Waals surface area contributed by atoms with Gasteiger partial charge in [0.1, 0.15) is 29.9 Å². The molecule has 0 saturated heterocycles. The maximum Gasteiger partial charge on any atom is 0.338 e. The largest absolute Gasteiger partial charge is 0.497 e. The minimum atomic E-state index is -0.813. The molecule has 0 N–H and O–H groups in total. The number of carbonyl (C=O) groups is 1. The quantitative estimate of drug-likeness (QED) is 0.272. The van der Waals surface area contributed by atoms with Crippen LogP contribution in [0.4, 0.5) is 0 Å². The topological polar surface area (TPSA) is 88.3 Å². The molecule has 3 aromatic rings. The lowest BCUT2D eigenvalue weighted by molar-refractivity contribution is -0.139. The Morgan fingerprint density at radius 1 is 1.18 bits per heavy atom. The van der Waals surface area contributed by atoms with Crippen LogP contribution in [-0.4, -0.2) is 38.0 Å². The third kappa shape index (κ3) is 5.32. The highest BCUT2D eigenvalue weighted by Crippen LogP contribution is 2.37. The molecule has 8 nitrogen and oxygen atoms in total. The van der Waals surface area contributed by atoms with Gasteiger partial charge >= 0.3 is 5.97 Å². The summed E-state index contributed by atoms with van der Waals surface area (Å²) in [5.74, 6) is 1.11. The summed E-state index contributed by atoms with van der Waals surface area (Å²) >= 11 is 4.72. The summed E-state index contributed by atoms with van der Waals surface area (Å²) in [6.45, 7) is 7.68. The molecule has 2 heterocycles. The first-order valence-corrected chi connectivity index (χ1v) is 13.4. The van der Waals surface area contributed by atoms with Gasteiger partial charge in [-0.05, 0) is 50.3 Å². The van der Waals surface area contributed by atoms with E-state index in [2.05, 4.69) is 27.5 Å². The van der Waals surface area contributed by atoms with Crippen molar-refractivity contribution < 1.29 is 23.7 Å². The lowest BCUT2D eigenvalue weighted by Gasteiger charge is -2.26. The highest BCUT2D eigenvalue weighted by atomic mass is 79.9. The smallest absolute Gasteiger partial charge is 0.338 e. The van der Waals surface area contributed by atoms with Crippen LogP contribution in [0.1, 0.15) is 31.0 Å². The van der Waals surface area contributed by atoms with Crippen LogP contribution in [0.2, 0.25) is 0 Å². The Morgan fingerprint density at radius 3 is 2.66 bits per heavy atom. The Kier molecular flexibility index (Phi) is 8.53. The Labute approximate surface area is 232 Å². The number of benzene rings is 2. The number of allylic oxidation sites excluding steroid dienone is 1. The van der Waals surface area contributed by atoms with Gasteiger partial charge in [-0.3, -0.25) is 9.36 Å². The van der Waals surface area contributed by atoms with Crippen molar-refractivity contribution in [3.63, 3.8) is 0 Å². The number of ether oxygens (including phenoxy) is 4. The van der Waals surface area contributed by atoms with Crippen molar-refractivity contribution in [3.8, 4) is 17.2 Å². The molecule has 0 amide bonds. The van der Waals surface area contributed by atoms with Crippen molar-refractivity contribution in [1.29, 1.82) is 0 Å². The summed E-state index contributed by atoms with van der Waals surface area (Å²) in [7, 11) is 3.08. The van der Waals surface area contributed by atoms with E-state index in [0.29, 0.717) is 50.0 Å². The predicted molar refractivity (Wildman–Crippen MR) is 150 cm³/mol. The normalized spacial score (nSPS) is 15.0. The molecule has 0 radical (unpaired) electrons. The molecular formula is C28H27BrN2O6S. The average molecular weight is 600 g/mol. The highest BCUT2D eigenvalue weighted by Gasteiger charge is 2.35. The molecule has 10 heteroatoms. The number of carbonyl (C=O) groups excluding carboxylic acids is 1. The van der Waals surface area contributed by atoms with Gasteiger partial charge in [0.05, 0.1) is 36.6 Å². The van der Waals surface area contributed by atoms with Crippen molar-refractivity contribution in [2.45, 2.75) is 19.9 Å². The van der Waals surface area contributed by atoms with E-state index in [1.54, 1.807) is 51.3 Å². The second kappa shape index (κ2) is 11.8. The van der Waals surface area contributed by atoms with Crippen LogP contribution in [0, 0.1) is 0 Å². The molecule has 0 saturated carbocycles. The molecule has 2 aromatic carbocycles. The van der Waals surface area contributed by atoms with Crippen LogP contribution in [0.15, 0.2) is 74.6 Å². The highest BCUT2D eigenvalue weighted by molar-refractivity contribution is 9.10. The monoisotopic (exact) mass is 598 g/mol. The van der Waals surface area contributed by atoms with E-state index < -0.39 is 12.0 Å².